The van der Waals surface area contributed by atoms with Crippen LogP contribution in [0, 0.1) is 0 Å². The van der Waals surface area contributed by atoms with E-state index in [4.69, 9.17) is 5.73 Å². The van der Waals surface area contributed by atoms with Crippen molar-refractivity contribution >= 4 is 16.3 Å². The zero-order valence-electron chi connectivity index (χ0n) is 10.2. The second-order valence-electron chi connectivity index (χ2n) is 4.71. The molecule has 0 spiro atoms. The zero-order chi connectivity index (χ0) is 12.8. The summed E-state index contributed by atoms with van der Waals surface area (Å²) in [5, 5.41) is 13.7. The molecule has 0 saturated carbocycles. The summed E-state index contributed by atoms with van der Waals surface area (Å²) in [5.41, 5.74) is 6.59. The average molecular weight is 259 g/mol. The molecule has 3 rings (SSSR count). The van der Waals surface area contributed by atoms with E-state index in [0.717, 1.165) is 21.4 Å². The number of nitrogens with zero attached hydrogens (tertiary/aromatic N) is 4. The van der Waals surface area contributed by atoms with E-state index in [1.165, 1.54) is 11.3 Å². The molecule has 5 nitrogen and oxygen atoms in total. The van der Waals surface area contributed by atoms with E-state index in [0.29, 0.717) is 0 Å². The van der Waals surface area contributed by atoms with Crippen LogP contribution in [0.4, 0.5) is 0 Å². The predicted molar refractivity (Wildman–Crippen MR) is 71.3 cm³/mol. The molecule has 0 amide bonds. The van der Waals surface area contributed by atoms with Gasteiger partial charge in [-0.2, -0.15) is 9.61 Å². The van der Waals surface area contributed by atoms with Gasteiger partial charge in [-0.3, -0.25) is 0 Å². The van der Waals surface area contributed by atoms with Gasteiger partial charge in [-0.25, -0.2) is 0 Å². The van der Waals surface area contributed by atoms with E-state index < -0.39 is 5.54 Å². The first kappa shape index (κ1) is 11.3. The van der Waals surface area contributed by atoms with Gasteiger partial charge >= 0.3 is 0 Å². The van der Waals surface area contributed by atoms with E-state index in [1.807, 2.05) is 44.2 Å². The molecule has 0 atom stereocenters. The smallest absolute Gasteiger partial charge is 0.235 e. The molecule has 0 aliphatic heterocycles. The highest BCUT2D eigenvalue weighted by atomic mass is 32.1. The number of hydrogen-bond acceptors (Lipinski definition) is 5. The van der Waals surface area contributed by atoms with Crippen molar-refractivity contribution in [3.8, 4) is 11.4 Å². The van der Waals surface area contributed by atoms with Crippen LogP contribution in [-0.4, -0.2) is 19.8 Å². The highest BCUT2D eigenvalue weighted by Crippen LogP contribution is 2.26. The van der Waals surface area contributed by atoms with Crippen molar-refractivity contribution in [3.63, 3.8) is 0 Å². The molecule has 92 valence electrons. The van der Waals surface area contributed by atoms with Crippen LogP contribution < -0.4 is 5.73 Å². The Balaban J connectivity index is 2.18. The molecule has 0 aliphatic carbocycles. The summed E-state index contributed by atoms with van der Waals surface area (Å²) in [6.45, 7) is 3.86. The standard InChI is InChI=1S/C12H13N5S/c1-12(2,13)10-16-17-9(14-15-11(17)18-10)8-6-4-3-5-7-8/h3-7H,13H2,1-2H3. The summed E-state index contributed by atoms with van der Waals surface area (Å²) < 4.78 is 1.75. The molecule has 2 N–H and O–H groups in total. The quantitative estimate of drug-likeness (QED) is 0.764. The summed E-state index contributed by atoms with van der Waals surface area (Å²) >= 11 is 1.47. The molecule has 2 heterocycles. The van der Waals surface area contributed by atoms with Gasteiger partial charge < -0.3 is 5.73 Å². The molecule has 0 aliphatic rings. The van der Waals surface area contributed by atoms with Gasteiger partial charge in [-0.15, -0.1) is 10.2 Å². The van der Waals surface area contributed by atoms with Gasteiger partial charge in [0.2, 0.25) is 4.96 Å². The van der Waals surface area contributed by atoms with Gasteiger partial charge in [0.15, 0.2) is 5.82 Å². The summed E-state index contributed by atoms with van der Waals surface area (Å²) in [4.78, 5) is 0.766. The van der Waals surface area contributed by atoms with Crippen molar-refractivity contribution in [2.45, 2.75) is 19.4 Å². The number of nitrogens with two attached hydrogens (primary N) is 1. The van der Waals surface area contributed by atoms with E-state index >= 15 is 0 Å². The Hall–Kier alpha value is -1.79. The lowest BCUT2D eigenvalue weighted by Gasteiger charge is -2.12. The Morgan fingerprint density at radius 2 is 1.89 bits per heavy atom. The maximum absolute atomic E-state index is 6.05. The minimum atomic E-state index is -0.459. The fourth-order valence-corrected chi connectivity index (χ4v) is 2.50. The topological polar surface area (TPSA) is 69.1 Å². The Bertz CT molecular complexity index is 677. The monoisotopic (exact) mass is 259 g/mol. The minimum absolute atomic E-state index is 0.459. The summed E-state index contributed by atoms with van der Waals surface area (Å²) in [7, 11) is 0. The van der Waals surface area contributed by atoms with Crippen LogP contribution in [0.25, 0.3) is 16.3 Å². The third-order valence-electron chi connectivity index (χ3n) is 2.57. The van der Waals surface area contributed by atoms with E-state index in [1.54, 1.807) is 4.52 Å². The van der Waals surface area contributed by atoms with Crippen LogP contribution in [0.1, 0.15) is 18.9 Å². The van der Waals surface area contributed by atoms with Gasteiger partial charge in [0.1, 0.15) is 5.01 Å². The SMILES string of the molecule is CC(C)(N)c1nn2c(-c3ccccc3)nnc2s1. The number of aromatic nitrogens is 4. The summed E-state index contributed by atoms with van der Waals surface area (Å²) in [6, 6.07) is 9.89. The van der Waals surface area contributed by atoms with Crippen molar-refractivity contribution in [2.75, 3.05) is 0 Å². The molecule has 18 heavy (non-hydrogen) atoms. The Morgan fingerprint density at radius 1 is 1.17 bits per heavy atom. The van der Waals surface area contributed by atoms with Crippen LogP contribution in [0.15, 0.2) is 30.3 Å². The summed E-state index contributed by atoms with van der Waals surface area (Å²) in [5.74, 6) is 0.748. The molecule has 0 bridgehead atoms. The highest BCUT2D eigenvalue weighted by Gasteiger charge is 2.22. The molecule has 1 aromatic carbocycles. The minimum Gasteiger partial charge on any atom is -0.320 e. The van der Waals surface area contributed by atoms with E-state index in [9.17, 15) is 0 Å². The van der Waals surface area contributed by atoms with Crippen LogP contribution >= 0.6 is 11.3 Å². The molecule has 0 radical (unpaired) electrons. The fraction of sp³-hybridized carbons (Fsp3) is 0.250. The average Bonchev–Trinajstić information content (AvgIpc) is 2.88. The normalized spacial score (nSPS) is 12.2. The summed E-state index contributed by atoms with van der Waals surface area (Å²) in [6.07, 6.45) is 0. The van der Waals surface area contributed by atoms with Gasteiger partial charge in [-0.05, 0) is 13.8 Å². The number of fused-ring (bicyclic) bond motifs is 1. The molecule has 0 fully saturated rings. The van der Waals surface area contributed by atoms with Crippen LogP contribution in [-0.2, 0) is 5.54 Å². The fourth-order valence-electron chi connectivity index (χ4n) is 1.64. The van der Waals surface area contributed by atoms with Crippen LogP contribution in [0.5, 0.6) is 0 Å². The second kappa shape index (κ2) is 3.86. The van der Waals surface area contributed by atoms with Crippen molar-refractivity contribution in [1.29, 1.82) is 0 Å². The molecule has 3 aromatic rings. The largest absolute Gasteiger partial charge is 0.320 e. The lowest BCUT2D eigenvalue weighted by molar-refractivity contribution is 0.541. The molecule has 6 heteroatoms. The Labute approximate surface area is 108 Å². The van der Waals surface area contributed by atoms with Gasteiger partial charge in [0.05, 0.1) is 5.54 Å². The van der Waals surface area contributed by atoms with Gasteiger partial charge in [0.25, 0.3) is 0 Å². The maximum atomic E-state index is 6.05. The lowest BCUT2D eigenvalue weighted by Crippen LogP contribution is -2.28. The van der Waals surface area contributed by atoms with E-state index in [-0.39, 0.29) is 0 Å². The molecular weight excluding hydrogens is 246 g/mol. The number of rotatable bonds is 2. The van der Waals surface area contributed by atoms with Crippen molar-refractivity contribution in [1.82, 2.24) is 19.8 Å². The van der Waals surface area contributed by atoms with Crippen molar-refractivity contribution < 1.29 is 0 Å². The molecule has 2 aromatic heterocycles. The van der Waals surface area contributed by atoms with E-state index in [2.05, 4.69) is 15.3 Å². The highest BCUT2D eigenvalue weighted by molar-refractivity contribution is 7.16. The number of hydrogen-bond donors (Lipinski definition) is 1. The third-order valence-corrected chi connectivity index (χ3v) is 3.81. The first-order valence-electron chi connectivity index (χ1n) is 5.63. The first-order valence-corrected chi connectivity index (χ1v) is 6.44. The third kappa shape index (κ3) is 1.79. The molecule has 0 unspecified atom stereocenters. The number of benzene rings is 1. The Kier molecular flexibility index (Phi) is 2.42. The zero-order valence-corrected chi connectivity index (χ0v) is 11.0. The van der Waals surface area contributed by atoms with Crippen molar-refractivity contribution in [3.05, 3.63) is 35.3 Å². The predicted octanol–water partition coefficient (Wildman–Crippen LogP) is 2.05. The maximum Gasteiger partial charge on any atom is 0.235 e. The van der Waals surface area contributed by atoms with Crippen molar-refractivity contribution in [2.24, 2.45) is 5.73 Å². The van der Waals surface area contributed by atoms with Gasteiger partial charge in [0, 0.05) is 5.56 Å². The molecular formula is C12H13N5S. The van der Waals surface area contributed by atoms with Gasteiger partial charge in [-0.1, -0.05) is 41.7 Å². The lowest BCUT2D eigenvalue weighted by atomic mass is 10.1. The Morgan fingerprint density at radius 3 is 2.56 bits per heavy atom. The first-order chi connectivity index (χ1) is 8.55. The van der Waals surface area contributed by atoms with Crippen LogP contribution in [0.3, 0.4) is 0 Å². The molecule has 0 saturated heterocycles. The van der Waals surface area contributed by atoms with Crippen LogP contribution in [0.2, 0.25) is 0 Å². The second-order valence-corrected chi connectivity index (χ2v) is 5.67.